The minimum absolute atomic E-state index is 0.125. The molecular weight excluding hydrogens is 360 g/mol. The summed E-state index contributed by atoms with van der Waals surface area (Å²) in [6.45, 7) is 3.00. The number of hydrogen-bond acceptors (Lipinski definition) is 6. The van der Waals surface area contributed by atoms with Crippen molar-refractivity contribution in [3.05, 3.63) is 46.9 Å². The first-order valence-corrected chi connectivity index (χ1v) is 8.98. The topological polar surface area (TPSA) is 78.2 Å². The molecule has 1 aliphatic heterocycles. The van der Waals surface area contributed by atoms with Crippen LogP contribution in [0.25, 0.3) is 5.65 Å². The van der Waals surface area contributed by atoms with E-state index >= 15 is 0 Å². The smallest absolute Gasteiger partial charge is 0.258 e. The van der Waals surface area contributed by atoms with Crippen LogP contribution in [-0.4, -0.2) is 53.3 Å². The van der Waals surface area contributed by atoms with Crippen LogP contribution in [0.15, 0.2) is 24.4 Å². The number of amides is 1. The average molecular weight is 382 g/mol. The minimum Gasteiger partial charge on any atom is -0.493 e. The summed E-state index contributed by atoms with van der Waals surface area (Å²) in [6, 6.07) is 5.37. The second kappa shape index (κ2) is 7.03. The van der Waals surface area contributed by atoms with Crippen molar-refractivity contribution < 1.29 is 19.0 Å². The molecule has 3 aromatic rings. The molecule has 1 aromatic carbocycles. The van der Waals surface area contributed by atoms with Gasteiger partial charge >= 0.3 is 0 Å². The molecule has 0 unspecified atom stereocenters. The number of nitrogens with zero attached hydrogens (tertiary/aromatic N) is 4. The Kier molecular flexibility index (Phi) is 4.54. The highest BCUT2D eigenvalue weighted by Gasteiger charge is 2.28. The largest absolute Gasteiger partial charge is 0.493 e. The van der Waals surface area contributed by atoms with Gasteiger partial charge in [-0.15, -0.1) is 0 Å². The number of aryl methyl sites for hydroxylation is 1. The van der Waals surface area contributed by atoms with Gasteiger partial charge in [-0.05, 0) is 19.1 Å². The quantitative estimate of drug-likeness (QED) is 0.689. The van der Waals surface area contributed by atoms with Gasteiger partial charge in [-0.2, -0.15) is 5.10 Å². The highest BCUT2D eigenvalue weighted by Crippen LogP contribution is 2.40. The van der Waals surface area contributed by atoms with Gasteiger partial charge in [0.1, 0.15) is 0 Å². The Labute approximate surface area is 162 Å². The summed E-state index contributed by atoms with van der Waals surface area (Å²) in [5.74, 6) is 1.17. The Morgan fingerprint density at radius 2 is 1.89 bits per heavy atom. The van der Waals surface area contributed by atoms with Gasteiger partial charge in [0.05, 0.1) is 38.3 Å². The Morgan fingerprint density at radius 3 is 2.61 bits per heavy atom. The third kappa shape index (κ3) is 2.81. The van der Waals surface area contributed by atoms with Gasteiger partial charge in [0.2, 0.25) is 5.75 Å². The SMILES string of the molecule is COc1ccc(C(=O)N2CCc3c(cnc4cc(C)nn34)C2)c(OC)c1OC. The fourth-order valence-electron chi connectivity index (χ4n) is 3.67. The number of carbonyl (C=O) groups is 1. The van der Waals surface area contributed by atoms with Gasteiger partial charge in [-0.25, -0.2) is 9.50 Å². The normalized spacial score (nSPS) is 13.4. The Morgan fingerprint density at radius 1 is 1.11 bits per heavy atom. The van der Waals surface area contributed by atoms with E-state index in [1.165, 1.54) is 14.2 Å². The molecule has 0 saturated carbocycles. The molecule has 0 saturated heterocycles. The number of rotatable bonds is 4. The van der Waals surface area contributed by atoms with Crippen LogP contribution >= 0.6 is 0 Å². The van der Waals surface area contributed by atoms with Crippen molar-refractivity contribution in [3.63, 3.8) is 0 Å². The Bertz CT molecular complexity index is 1060. The highest BCUT2D eigenvalue weighted by molar-refractivity contribution is 5.98. The maximum Gasteiger partial charge on any atom is 0.258 e. The first-order chi connectivity index (χ1) is 13.6. The second-order valence-electron chi connectivity index (χ2n) is 6.64. The van der Waals surface area contributed by atoms with Crippen molar-refractivity contribution in [2.75, 3.05) is 27.9 Å². The molecule has 0 radical (unpaired) electrons. The number of benzene rings is 1. The fourth-order valence-corrected chi connectivity index (χ4v) is 3.67. The van der Waals surface area contributed by atoms with E-state index in [1.807, 2.05) is 23.7 Å². The van der Waals surface area contributed by atoms with Crippen LogP contribution in [0, 0.1) is 6.92 Å². The van der Waals surface area contributed by atoms with Crippen LogP contribution in [0.4, 0.5) is 0 Å². The van der Waals surface area contributed by atoms with E-state index < -0.39 is 0 Å². The number of ether oxygens (including phenoxy) is 3. The van der Waals surface area contributed by atoms with E-state index in [4.69, 9.17) is 14.2 Å². The summed E-state index contributed by atoms with van der Waals surface area (Å²) < 4.78 is 18.1. The van der Waals surface area contributed by atoms with Crippen LogP contribution in [-0.2, 0) is 13.0 Å². The zero-order valence-corrected chi connectivity index (χ0v) is 16.4. The van der Waals surface area contributed by atoms with Gasteiger partial charge in [0.25, 0.3) is 5.91 Å². The van der Waals surface area contributed by atoms with E-state index in [9.17, 15) is 4.79 Å². The molecule has 0 fully saturated rings. The number of fused-ring (bicyclic) bond motifs is 3. The fraction of sp³-hybridized carbons (Fsp3) is 0.350. The molecular formula is C20H22N4O4. The van der Waals surface area contributed by atoms with Gasteiger partial charge < -0.3 is 19.1 Å². The highest BCUT2D eigenvalue weighted by atomic mass is 16.5. The maximum absolute atomic E-state index is 13.2. The van der Waals surface area contributed by atoms with Crippen LogP contribution in [0.5, 0.6) is 17.2 Å². The van der Waals surface area contributed by atoms with E-state index in [-0.39, 0.29) is 5.91 Å². The molecule has 0 atom stereocenters. The molecule has 28 heavy (non-hydrogen) atoms. The van der Waals surface area contributed by atoms with E-state index in [0.29, 0.717) is 42.3 Å². The lowest BCUT2D eigenvalue weighted by molar-refractivity contribution is 0.0728. The van der Waals surface area contributed by atoms with Crippen molar-refractivity contribution in [1.82, 2.24) is 19.5 Å². The lowest BCUT2D eigenvalue weighted by atomic mass is 10.0. The summed E-state index contributed by atoms with van der Waals surface area (Å²) in [5.41, 5.74) is 4.29. The molecule has 8 nitrogen and oxygen atoms in total. The molecule has 0 N–H and O–H groups in total. The predicted octanol–water partition coefficient (Wildman–Crippen LogP) is 2.26. The van der Waals surface area contributed by atoms with Gasteiger partial charge in [0, 0.05) is 37.3 Å². The van der Waals surface area contributed by atoms with Crippen LogP contribution in [0.3, 0.4) is 0 Å². The van der Waals surface area contributed by atoms with Gasteiger partial charge in [-0.3, -0.25) is 4.79 Å². The first-order valence-electron chi connectivity index (χ1n) is 8.98. The lowest BCUT2D eigenvalue weighted by Crippen LogP contribution is -2.37. The summed E-state index contributed by atoms with van der Waals surface area (Å²) >= 11 is 0. The summed E-state index contributed by atoms with van der Waals surface area (Å²) in [5, 5.41) is 4.52. The summed E-state index contributed by atoms with van der Waals surface area (Å²) in [7, 11) is 4.58. The van der Waals surface area contributed by atoms with Crippen molar-refractivity contribution in [2.45, 2.75) is 19.9 Å². The average Bonchev–Trinajstić information content (AvgIpc) is 3.12. The van der Waals surface area contributed by atoms with Crippen molar-refractivity contribution in [1.29, 1.82) is 0 Å². The zero-order valence-electron chi connectivity index (χ0n) is 16.4. The molecule has 1 amide bonds. The van der Waals surface area contributed by atoms with Crippen LogP contribution in [0.1, 0.15) is 27.3 Å². The number of hydrogen-bond donors (Lipinski definition) is 0. The first kappa shape index (κ1) is 18.1. The third-order valence-electron chi connectivity index (χ3n) is 4.99. The maximum atomic E-state index is 13.2. The van der Waals surface area contributed by atoms with Crippen molar-refractivity contribution in [2.24, 2.45) is 0 Å². The predicted molar refractivity (Wildman–Crippen MR) is 102 cm³/mol. The van der Waals surface area contributed by atoms with E-state index in [2.05, 4.69) is 10.1 Å². The molecule has 4 rings (SSSR count). The van der Waals surface area contributed by atoms with Crippen LogP contribution in [0.2, 0.25) is 0 Å². The van der Waals surface area contributed by atoms with Crippen molar-refractivity contribution in [3.8, 4) is 17.2 Å². The van der Waals surface area contributed by atoms with Gasteiger partial charge in [0.15, 0.2) is 17.1 Å². The molecule has 2 aromatic heterocycles. The molecule has 0 aliphatic carbocycles. The molecule has 0 spiro atoms. The second-order valence-corrected chi connectivity index (χ2v) is 6.64. The molecule has 1 aliphatic rings. The van der Waals surface area contributed by atoms with E-state index in [0.717, 1.165) is 22.6 Å². The number of carbonyl (C=O) groups excluding carboxylic acids is 1. The Balaban J connectivity index is 1.68. The monoisotopic (exact) mass is 382 g/mol. The number of aromatic nitrogens is 3. The van der Waals surface area contributed by atoms with Crippen LogP contribution < -0.4 is 14.2 Å². The molecule has 8 heteroatoms. The lowest BCUT2D eigenvalue weighted by Gasteiger charge is -2.29. The molecule has 0 bridgehead atoms. The molecule has 3 heterocycles. The third-order valence-corrected chi connectivity index (χ3v) is 4.99. The van der Waals surface area contributed by atoms with E-state index in [1.54, 1.807) is 24.1 Å². The van der Waals surface area contributed by atoms with Gasteiger partial charge in [-0.1, -0.05) is 0 Å². The molecule has 146 valence electrons. The Hall–Kier alpha value is -3.29. The minimum atomic E-state index is -0.125. The summed E-state index contributed by atoms with van der Waals surface area (Å²) in [6.07, 6.45) is 2.54. The van der Waals surface area contributed by atoms with Crippen molar-refractivity contribution >= 4 is 11.6 Å². The number of methoxy groups -OCH3 is 3. The summed E-state index contributed by atoms with van der Waals surface area (Å²) in [4.78, 5) is 19.5. The standard InChI is InChI=1S/C20H22N4O4/c1-12-9-17-21-10-13-11-23(8-7-15(13)24(17)22-12)20(25)14-5-6-16(26-2)19(28-4)18(14)27-3/h5-6,9-10H,7-8,11H2,1-4H3. The zero-order chi connectivity index (χ0) is 19.8.